The molecule has 2 aliphatic rings. The van der Waals surface area contributed by atoms with E-state index in [-0.39, 0.29) is 0 Å². The second-order valence-corrected chi connectivity index (χ2v) is 6.67. The number of nitrogens with two attached hydrogens (primary N) is 1. The third-order valence-electron chi connectivity index (χ3n) is 4.09. The molecule has 0 spiro atoms. The first kappa shape index (κ1) is 12.5. The average Bonchev–Trinajstić information content (AvgIpc) is 2.62. The molecule has 4 nitrogen and oxygen atoms in total. The maximum atomic E-state index is 6.22. The third-order valence-corrected chi connectivity index (χ3v) is 5.49. The highest BCUT2D eigenvalue weighted by atomic mass is 32.2. The molecule has 5 heteroatoms. The largest absolute Gasteiger partial charge is 0.327 e. The zero-order valence-corrected chi connectivity index (χ0v) is 11.7. The summed E-state index contributed by atoms with van der Waals surface area (Å²) in [4.78, 5) is 0. The highest BCUT2D eigenvalue weighted by Gasteiger charge is 2.25. The molecule has 1 aromatic rings. The van der Waals surface area contributed by atoms with E-state index in [9.17, 15) is 0 Å². The quantitative estimate of drug-likeness (QED) is 0.893. The number of nitrogens with zero attached hydrogens (tertiary/aromatic N) is 3. The molecule has 1 aliphatic heterocycles. The van der Waals surface area contributed by atoms with Gasteiger partial charge in [-0.2, -0.15) is 0 Å². The van der Waals surface area contributed by atoms with E-state index in [2.05, 4.69) is 14.8 Å². The lowest BCUT2D eigenvalue weighted by Crippen LogP contribution is -2.35. The molecular formula is C13H22N4S. The minimum Gasteiger partial charge on any atom is -0.327 e. The summed E-state index contributed by atoms with van der Waals surface area (Å²) in [5.41, 5.74) is 6.22. The molecular weight excluding hydrogens is 244 g/mol. The normalized spacial score (nSPS) is 28.7. The smallest absolute Gasteiger partial charge is 0.191 e. The Morgan fingerprint density at radius 3 is 2.83 bits per heavy atom. The Kier molecular flexibility index (Phi) is 3.89. The minimum atomic E-state index is 0.336. The Bertz CT molecular complexity index is 404. The standard InChI is InChI=1S/C13H22N4S/c14-10-6-3-4-7-11(10)18-13-16-15-12-8-2-1-5-9-17(12)13/h10-11H,1-9,14H2. The lowest BCUT2D eigenvalue weighted by atomic mass is 9.96. The topological polar surface area (TPSA) is 56.7 Å². The molecule has 3 rings (SSSR count). The van der Waals surface area contributed by atoms with Crippen LogP contribution in [0.5, 0.6) is 0 Å². The van der Waals surface area contributed by atoms with Gasteiger partial charge >= 0.3 is 0 Å². The van der Waals surface area contributed by atoms with Crippen LogP contribution in [-0.4, -0.2) is 26.1 Å². The molecule has 0 saturated heterocycles. The molecule has 2 N–H and O–H groups in total. The van der Waals surface area contributed by atoms with Gasteiger partial charge in [-0.1, -0.05) is 31.0 Å². The molecule has 1 saturated carbocycles. The summed E-state index contributed by atoms with van der Waals surface area (Å²) in [5, 5.41) is 10.4. The van der Waals surface area contributed by atoms with Crippen molar-refractivity contribution in [2.24, 2.45) is 5.73 Å². The van der Waals surface area contributed by atoms with E-state index in [1.54, 1.807) is 0 Å². The first-order valence-corrected chi connectivity index (χ1v) is 8.07. The number of aryl methyl sites for hydroxylation is 1. The fraction of sp³-hybridized carbons (Fsp3) is 0.846. The number of rotatable bonds is 2. The van der Waals surface area contributed by atoms with Gasteiger partial charge in [0.05, 0.1) is 0 Å². The van der Waals surface area contributed by atoms with Crippen LogP contribution in [0.15, 0.2) is 5.16 Å². The predicted molar refractivity (Wildman–Crippen MR) is 73.7 cm³/mol. The zero-order chi connectivity index (χ0) is 12.4. The minimum absolute atomic E-state index is 0.336. The van der Waals surface area contributed by atoms with Crippen LogP contribution in [0, 0.1) is 0 Å². The van der Waals surface area contributed by atoms with Crippen molar-refractivity contribution in [1.29, 1.82) is 0 Å². The van der Waals surface area contributed by atoms with Crippen LogP contribution in [0.4, 0.5) is 0 Å². The van der Waals surface area contributed by atoms with E-state index >= 15 is 0 Å². The summed E-state index contributed by atoms with van der Waals surface area (Å²) in [6.07, 6.45) is 9.91. The summed E-state index contributed by atoms with van der Waals surface area (Å²) >= 11 is 1.87. The Morgan fingerprint density at radius 2 is 1.94 bits per heavy atom. The molecule has 2 heterocycles. The van der Waals surface area contributed by atoms with Crippen molar-refractivity contribution in [3.8, 4) is 0 Å². The predicted octanol–water partition coefficient (Wildman–Crippen LogP) is 2.37. The van der Waals surface area contributed by atoms with Crippen LogP contribution in [0.3, 0.4) is 0 Å². The number of thioether (sulfide) groups is 1. The zero-order valence-electron chi connectivity index (χ0n) is 10.8. The van der Waals surface area contributed by atoms with E-state index in [0.717, 1.165) is 18.1 Å². The van der Waals surface area contributed by atoms with Gasteiger partial charge < -0.3 is 10.3 Å². The summed E-state index contributed by atoms with van der Waals surface area (Å²) in [6, 6.07) is 0.336. The maximum absolute atomic E-state index is 6.22. The van der Waals surface area contributed by atoms with Gasteiger partial charge in [-0.15, -0.1) is 10.2 Å². The van der Waals surface area contributed by atoms with E-state index in [1.165, 1.54) is 50.8 Å². The van der Waals surface area contributed by atoms with Gasteiger partial charge in [0.1, 0.15) is 5.82 Å². The molecule has 0 radical (unpaired) electrons. The summed E-state index contributed by atoms with van der Waals surface area (Å²) in [7, 11) is 0. The van der Waals surface area contributed by atoms with Gasteiger partial charge in [0.2, 0.25) is 0 Å². The number of hydrogen-bond donors (Lipinski definition) is 1. The van der Waals surface area contributed by atoms with Crippen LogP contribution >= 0.6 is 11.8 Å². The van der Waals surface area contributed by atoms with E-state index in [4.69, 9.17) is 5.73 Å². The SMILES string of the molecule is NC1CCCCC1Sc1nnc2n1CCCCC2. The molecule has 0 bridgehead atoms. The molecule has 18 heavy (non-hydrogen) atoms. The van der Waals surface area contributed by atoms with Crippen LogP contribution in [0.2, 0.25) is 0 Å². The molecule has 0 amide bonds. The lowest BCUT2D eigenvalue weighted by Gasteiger charge is -2.27. The average molecular weight is 266 g/mol. The van der Waals surface area contributed by atoms with Crippen LogP contribution in [-0.2, 0) is 13.0 Å². The fourth-order valence-corrected chi connectivity index (χ4v) is 4.23. The van der Waals surface area contributed by atoms with Gasteiger partial charge in [0, 0.05) is 24.3 Å². The second kappa shape index (κ2) is 5.61. The second-order valence-electron chi connectivity index (χ2n) is 5.47. The summed E-state index contributed by atoms with van der Waals surface area (Å²) < 4.78 is 2.33. The Balaban J connectivity index is 1.74. The van der Waals surface area contributed by atoms with Crippen molar-refractivity contribution in [1.82, 2.24) is 14.8 Å². The molecule has 1 aromatic heterocycles. The van der Waals surface area contributed by atoms with E-state index in [0.29, 0.717) is 11.3 Å². The van der Waals surface area contributed by atoms with E-state index in [1.807, 2.05) is 11.8 Å². The van der Waals surface area contributed by atoms with Gasteiger partial charge in [-0.25, -0.2) is 0 Å². The molecule has 1 fully saturated rings. The molecule has 1 aliphatic carbocycles. The van der Waals surface area contributed by atoms with Crippen LogP contribution in [0.25, 0.3) is 0 Å². The Morgan fingerprint density at radius 1 is 1.06 bits per heavy atom. The monoisotopic (exact) mass is 266 g/mol. The highest BCUT2D eigenvalue weighted by molar-refractivity contribution is 7.99. The van der Waals surface area contributed by atoms with Gasteiger partial charge in [0.25, 0.3) is 0 Å². The van der Waals surface area contributed by atoms with Crippen LogP contribution in [0.1, 0.15) is 50.8 Å². The molecule has 100 valence electrons. The van der Waals surface area contributed by atoms with Crippen molar-refractivity contribution in [2.75, 3.05) is 0 Å². The van der Waals surface area contributed by atoms with Gasteiger partial charge in [0.15, 0.2) is 5.16 Å². The first-order valence-electron chi connectivity index (χ1n) is 7.19. The van der Waals surface area contributed by atoms with Crippen LogP contribution < -0.4 is 5.73 Å². The van der Waals surface area contributed by atoms with E-state index < -0.39 is 0 Å². The van der Waals surface area contributed by atoms with Crippen molar-refractivity contribution in [3.63, 3.8) is 0 Å². The fourth-order valence-electron chi connectivity index (χ4n) is 2.95. The maximum Gasteiger partial charge on any atom is 0.191 e. The van der Waals surface area contributed by atoms with Crippen molar-refractivity contribution >= 4 is 11.8 Å². The number of hydrogen-bond acceptors (Lipinski definition) is 4. The van der Waals surface area contributed by atoms with Crippen molar-refractivity contribution < 1.29 is 0 Å². The molecule has 2 unspecified atom stereocenters. The molecule has 2 atom stereocenters. The van der Waals surface area contributed by atoms with Gasteiger partial charge in [-0.05, 0) is 25.7 Å². The van der Waals surface area contributed by atoms with Crippen molar-refractivity contribution in [3.05, 3.63) is 5.82 Å². The highest BCUT2D eigenvalue weighted by Crippen LogP contribution is 2.33. The number of aromatic nitrogens is 3. The third kappa shape index (κ3) is 2.57. The summed E-state index contributed by atoms with van der Waals surface area (Å²) in [6.45, 7) is 1.09. The lowest BCUT2D eigenvalue weighted by molar-refractivity contribution is 0.451. The van der Waals surface area contributed by atoms with Gasteiger partial charge in [-0.3, -0.25) is 0 Å². The Labute approximate surface area is 113 Å². The van der Waals surface area contributed by atoms with Crippen molar-refractivity contribution in [2.45, 2.75) is 74.4 Å². The summed E-state index contributed by atoms with van der Waals surface area (Å²) in [5.74, 6) is 1.18. The first-order chi connectivity index (χ1) is 8.84. The Hall–Kier alpha value is -0.550. The molecule has 0 aromatic carbocycles. The number of fused-ring (bicyclic) bond motifs is 1.